The van der Waals surface area contributed by atoms with Crippen LogP contribution in [-0.2, 0) is 4.74 Å². The third-order valence-electron chi connectivity index (χ3n) is 2.90. The minimum absolute atomic E-state index is 0.0897. The van der Waals surface area contributed by atoms with Crippen molar-refractivity contribution in [2.45, 2.75) is 25.3 Å². The summed E-state index contributed by atoms with van der Waals surface area (Å²) < 4.78 is 5.32. The van der Waals surface area contributed by atoms with Crippen molar-refractivity contribution in [1.82, 2.24) is 20.8 Å². The number of hydrogen-bond donors (Lipinski definition) is 3. The van der Waals surface area contributed by atoms with Crippen molar-refractivity contribution in [3.8, 4) is 0 Å². The topological polar surface area (TPSA) is 88.9 Å². The molecule has 15 heavy (non-hydrogen) atoms. The van der Waals surface area contributed by atoms with E-state index in [-0.39, 0.29) is 6.04 Å². The van der Waals surface area contributed by atoms with E-state index in [4.69, 9.17) is 10.6 Å². The molecule has 1 aromatic heterocycles. The Bertz CT molecular complexity index is 270. The van der Waals surface area contributed by atoms with Gasteiger partial charge >= 0.3 is 0 Å². The predicted octanol–water partition coefficient (Wildman–Crippen LogP) is 0.126. The lowest BCUT2D eigenvalue weighted by Gasteiger charge is -2.25. The van der Waals surface area contributed by atoms with Crippen LogP contribution in [0.1, 0.15) is 31.0 Å². The van der Waals surface area contributed by atoms with Crippen molar-refractivity contribution in [3.05, 3.63) is 11.9 Å². The first-order valence-corrected chi connectivity index (χ1v) is 5.29. The second-order valence-corrected chi connectivity index (χ2v) is 3.91. The van der Waals surface area contributed by atoms with Gasteiger partial charge in [0.1, 0.15) is 5.69 Å². The van der Waals surface area contributed by atoms with Crippen molar-refractivity contribution in [1.29, 1.82) is 0 Å². The molecule has 1 atom stereocenters. The highest BCUT2D eigenvalue weighted by atomic mass is 16.5. The molecule has 0 amide bonds. The van der Waals surface area contributed by atoms with Gasteiger partial charge in [-0.3, -0.25) is 11.3 Å². The van der Waals surface area contributed by atoms with Crippen molar-refractivity contribution >= 4 is 0 Å². The number of hydrazine groups is 1. The van der Waals surface area contributed by atoms with Crippen LogP contribution in [0, 0.1) is 5.92 Å². The van der Waals surface area contributed by atoms with Crippen LogP contribution in [-0.4, -0.2) is 28.6 Å². The number of nitrogens with two attached hydrogens (primary N) is 1. The molecule has 6 nitrogen and oxygen atoms in total. The van der Waals surface area contributed by atoms with Gasteiger partial charge in [0.2, 0.25) is 0 Å². The zero-order valence-corrected chi connectivity index (χ0v) is 8.65. The van der Waals surface area contributed by atoms with Crippen LogP contribution in [0.2, 0.25) is 0 Å². The fraction of sp³-hybridized carbons (Fsp3) is 0.778. The molecule has 2 heterocycles. The Hall–Kier alpha value is -0.980. The van der Waals surface area contributed by atoms with Gasteiger partial charge in [-0.2, -0.15) is 15.4 Å². The Kier molecular flexibility index (Phi) is 3.65. The molecule has 1 saturated heterocycles. The molecule has 6 heteroatoms. The third-order valence-corrected chi connectivity index (χ3v) is 2.90. The van der Waals surface area contributed by atoms with Crippen LogP contribution < -0.4 is 11.3 Å². The lowest BCUT2D eigenvalue weighted by Crippen LogP contribution is -2.31. The number of hydrogen-bond acceptors (Lipinski definition) is 5. The van der Waals surface area contributed by atoms with E-state index in [1.165, 1.54) is 0 Å². The number of ether oxygens (including phenoxy) is 1. The number of rotatable bonds is 4. The normalized spacial score (nSPS) is 20.3. The Morgan fingerprint density at radius 3 is 3.00 bits per heavy atom. The highest BCUT2D eigenvalue weighted by molar-refractivity contribution is 4.99. The van der Waals surface area contributed by atoms with Crippen LogP contribution in [0.25, 0.3) is 0 Å². The Balaban J connectivity index is 1.90. The van der Waals surface area contributed by atoms with Crippen LogP contribution >= 0.6 is 0 Å². The molecule has 2 rings (SSSR count). The van der Waals surface area contributed by atoms with Gasteiger partial charge in [-0.05, 0) is 25.2 Å². The van der Waals surface area contributed by atoms with Gasteiger partial charge in [-0.25, -0.2) is 0 Å². The summed E-state index contributed by atoms with van der Waals surface area (Å²) in [4.78, 5) is 0. The number of aromatic nitrogens is 3. The van der Waals surface area contributed by atoms with Crippen molar-refractivity contribution in [2.75, 3.05) is 13.2 Å². The number of nitrogens with one attached hydrogen (secondary N) is 2. The minimum Gasteiger partial charge on any atom is -0.381 e. The van der Waals surface area contributed by atoms with Crippen molar-refractivity contribution in [3.63, 3.8) is 0 Å². The maximum atomic E-state index is 5.52. The van der Waals surface area contributed by atoms with Crippen LogP contribution in [0.15, 0.2) is 6.20 Å². The van der Waals surface area contributed by atoms with E-state index in [2.05, 4.69) is 20.8 Å². The fourth-order valence-corrected chi connectivity index (χ4v) is 1.97. The zero-order valence-electron chi connectivity index (χ0n) is 8.65. The second kappa shape index (κ2) is 5.20. The Morgan fingerprint density at radius 2 is 2.40 bits per heavy atom. The first-order chi connectivity index (χ1) is 7.40. The molecule has 84 valence electrons. The minimum atomic E-state index is 0.0897. The molecular formula is C9H17N5O. The summed E-state index contributed by atoms with van der Waals surface area (Å²) >= 11 is 0. The molecule has 4 N–H and O–H groups in total. The molecular weight excluding hydrogens is 194 g/mol. The molecule has 1 unspecified atom stereocenters. The van der Waals surface area contributed by atoms with E-state index in [0.717, 1.165) is 38.2 Å². The van der Waals surface area contributed by atoms with Gasteiger partial charge < -0.3 is 4.74 Å². The molecule has 0 bridgehead atoms. The summed E-state index contributed by atoms with van der Waals surface area (Å²) in [5.41, 5.74) is 3.67. The molecule has 1 aromatic rings. The molecule has 0 spiro atoms. The van der Waals surface area contributed by atoms with E-state index in [0.29, 0.717) is 5.92 Å². The number of aromatic amines is 1. The van der Waals surface area contributed by atoms with Gasteiger partial charge in [-0.15, -0.1) is 0 Å². The fourth-order valence-electron chi connectivity index (χ4n) is 1.97. The summed E-state index contributed by atoms with van der Waals surface area (Å²) in [7, 11) is 0. The summed E-state index contributed by atoms with van der Waals surface area (Å²) in [5, 5.41) is 10.4. The lowest BCUT2D eigenvalue weighted by atomic mass is 9.92. The maximum Gasteiger partial charge on any atom is 0.101 e. The lowest BCUT2D eigenvalue weighted by molar-refractivity contribution is 0.0603. The number of nitrogens with zero attached hydrogens (tertiary/aromatic N) is 2. The molecule has 0 aliphatic carbocycles. The van der Waals surface area contributed by atoms with Crippen LogP contribution in [0.5, 0.6) is 0 Å². The van der Waals surface area contributed by atoms with Gasteiger partial charge in [0.15, 0.2) is 0 Å². The Morgan fingerprint density at radius 1 is 1.60 bits per heavy atom. The van der Waals surface area contributed by atoms with Crippen molar-refractivity contribution < 1.29 is 4.74 Å². The average Bonchev–Trinajstić information content (AvgIpc) is 2.81. The van der Waals surface area contributed by atoms with E-state index >= 15 is 0 Å². The first-order valence-electron chi connectivity index (χ1n) is 5.29. The van der Waals surface area contributed by atoms with Crippen molar-refractivity contribution in [2.24, 2.45) is 11.8 Å². The summed E-state index contributed by atoms with van der Waals surface area (Å²) in [5.74, 6) is 6.18. The number of H-pyrrole nitrogens is 1. The first kappa shape index (κ1) is 10.5. The summed E-state index contributed by atoms with van der Waals surface area (Å²) in [6, 6.07) is 0.0897. The Labute approximate surface area is 88.5 Å². The van der Waals surface area contributed by atoms with Crippen LogP contribution in [0.3, 0.4) is 0 Å². The largest absolute Gasteiger partial charge is 0.381 e. The second-order valence-electron chi connectivity index (χ2n) is 3.91. The van der Waals surface area contributed by atoms with E-state index in [1.54, 1.807) is 6.20 Å². The SMILES string of the molecule is NNC(CC1CCOCC1)c1cn[nH]n1. The average molecular weight is 211 g/mol. The quantitative estimate of drug-likeness (QED) is 0.486. The van der Waals surface area contributed by atoms with E-state index in [1.807, 2.05) is 0 Å². The highest BCUT2D eigenvalue weighted by Crippen LogP contribution is 2.25. The van der Waals surface area contributed by atoms with E-state index < -0.39 is 0 Å². The van der Waals surface area contributed by atoms with Gasteiger partial charge in [0.25, 0.3) is 0 Å². The van der Waals surface area contributed by atoms with Gasteiger partial charge in [0.05, 0.1) is 12.2 Å². The molecule has 0 aromatic carbocycles. The molecule has 0 saturated carbocycles. The smallest absolute Gasteiger partial charge is 0.101 e. The molecule has 1 aliphatic heterocycles. The summed E-state index contributed by atoms with van der Waals surface area (Å²) in [6.45, 7) is 1.72. The monoisotopic (exact) mass is 211 g/mol. The van der Waals surface area contributed by atoms with Gasteiger partial charge in [0, 0.05) is 13.2 Å². The predicted molar refractivity (Wildman–Crippen MR) is 54.6 cm³/mol. The van der Waals surface area contributed by atoms with Crippen LogP contribution in [0.4, 0.5) is 0 Å². The molecule has 0 radical (unpaired) electrons. The highest BCUT2D eigenvalue weighted by Gasteiger charge is 2.21. The zero-order chi connectivity index (χ0) is 10.5. The molecule has 1 aliphatic rings. The van der Waals surface area contributed by atoms with E-state index in [9.17, 15) is 0 Å². The third kappa shape index (κ3) is 2.74. The maximum absolute atomic E-state index is 5.52. The van der Waals surface area contributed by atoms with Gasteiger partial charge in [-0.1, -0.05) is 0 Å². The molecule has 1 fully saturated rings. The summed E-state index contributed by atoms with van der Waals surface area (Å²) in [6.07, 6.45) is 4.92. The standard InChI is InChI=1S/C9H17N5O/c10-12-8(9-6-11-14-13-9)5-7-1-3-15-4-2-7/h6-8,12H,1-5,10H2,(H,11,13,14).